The van der Waals surface area contributed by atoms with Gasteiger partial charge < -0.3 is 9.80 Å². The van der Waals surface area contributed by atoms with Gasteiger partial charge in [-0.15, -0.1) is 0 Å². The fourth-order valence-electron chi connectivity index (χ4n) is 3.46. The Morgan fingerprint density at radius 1 is 0.857 bits per heavy atom. The van der Waals surface area contributed by atoms with Gasteiger partial charge in [-0.25, -0.2) is 0 Å². The lowest BCUT2D eigenvalue weighted by molar-refractivity contribution is -0.137. The minimum Gasteiger partial charge on any atom is -0.338 e. The smallest absolute Gasteiger partial charge is 0.253 e. The Kier molecular flexibility index (Phi) is 5.98. The number of piperazine rings is 1. The number of rotatable bonds is 4. The molecule has 5 nitrogen and oxygen atoms in total. The van der Waals surface area contributed by atoms with Crippen molar-refractivity contribution >= 4 is 22.6 Å². The number of carbonyl (C=O) groups excluding carboxylic acids is 2. The Labute approximate surface area is 168 Å². The lowest BCUT2D eigenvalue weighted by Gasteiger charge is -2.38. The minimum atomic E-state index is -1.06. The van der Waals surface area contributed by atoms with E-state index < -0.39 is 16.2 Å². The van der Waals surface area contributed by atoms with E-state index in [0.717, 1.165) is 5.56 Å². The highest BCUT2D eigenvalue weighted by molar-refractivity contribution is 7.84. The van der Waals surface area contributed by atoms with Gasteiger partial charge >= 0.3 is 0 Å². The summed E-state index contributed by atoms with van der Waals surface area (Å²) in [5, 5.41) is 0. The molecule has 0 spiro atoms. The molecular formula is C22H26N2O3S. The lowest BCUT2D eigenvalue weighted by atomic mass is 9.83. The molecule has 28 heavy (non-hydrogen) atoms. The SMILES string of the molecule is CS(=O)c1ccc(C(=O)N2CCN(C(=O)C(C)(C)c3ccccc3)CC2)cc1. The number of nitrogens with zero attached hydrogens (tertiary/aromatic N) is 2. The van der Waals surface area contributed by atoms with Crippen molar-refractivity contribution in [2.45, 2.75) is 24.2 Å². The molecule has 148 valence electrons. The normalized spacial score (nSPS) is 16.0. The molecular weight excluding hydrogens is 372 g/mol. The molecule has 1 atom stereocenters. The van der Waals surface area contributed by atoms with Gasteiger partial charge in [0.05, 0.1) is 5.41 Å². The third-order valence-electron chi connectivity index (χ3n) is 5.32. The van der Waals surface area contributed by atoms with E-state index in [2.05, 4.69) is 0 Å². The predicted molar refractivity (Wildman–Crippen MR) is 111 cm³/mol. The van der Waals surface area contributed by atoms with Gasteiger partial charge in [-0.2, -0.15) is 0 Å². The number of benzene rings is 2. The monoisotopic (exact) mass is 398 g/mol. The van der Waals surface area contributed by atoms with Crippen LogP contribution in [0.2, 0.25) is 0 Å². The van der Waals surface area contributed by atoms with Crippen molar-refractivity contribution in [3.63, 3.8) is 0 Å². The van der Waals surface area contributed by atoms with E-state index in [9.17, 15) is 13.8 Å². The van der Waals surface area contributed by atoms with Crippen molar-refractivity contribution in [2.24, 2.45) is 0 Å². The molecule has 1 aliphatic heterocycles. The molecule has 1 saturated heterocycles. The topological polar surface area (TPSA) is 57.7 Å². The molecule has 1 aliphatic rings. The number of amides is 2. The molecule has 2 aromatic rings. The molecule has 0 saturated carbocycles. The summed E-state index contributed by atoms with van der Waals surface area (Å²) in [5.41, 5.74) is 0.976. The molecule has 0 aliphatic carbocycles. The van der Waals surface area contributed by atoms with Crippen molar-refractivity contribution in [3.8, 4) is 0 Å². The predicted octanol–water partition coefficient (Wildman–Crippen LogP) is 2.69. The van der Waals surface area contributed by atoms with Crippen LogP contribution in [0.15, 0.2) is 59.5 Å². The van der Waals surface area contributed by atoms with Crippen molar-refractivity contribution in [2.75, 3.05) is 32.4 Å². The number of hydrogen-bond donors (Lipinski definition) is 0. The second-order valence-corrected chi connectivity index (χ2v) is 8.93. The molecule has 0 N–H and O–H groups in total. The Balaban J connectivity index is 1.63. The first-order chi connectivity index (χ1) is 13.3. The summed E-state index contributed by atoms with van der Waals surface area (Å²) in [7, 11) is -1.06. The Morgan fingerprint density at radius 2 is 1.39 bits per heavy atom. The Hall–Kier alpha value is -2.47. The maximum atomic E-state index is 13.1. The van der Waals surface area contributed by atoms with Gasteiger partial charge in [0.15, 0.2) is 0 Å². The second-order valence-electron chi connectivity index (χ2n) is 7.55. The van der Waals surface area contributed by atoms with E-state index in [1.165, 1.54) is 0 Å². The van der Waals surface area contributed by atoms with Gasteiger partial charge in [0.2, 0.25) is 5.91 Å². The van der Waals surface area contributed by atoms with Crippen LogP contribution < -0.4 is 0 Å². The maximum absolute atomic E-state index is 13.1. The molecule has 1 heterocycles. The van der Waals surface area contributed by atoms with Crippen LogP contribution in [0.1, 0.15) is 29.8 Å². The molecule has 1 unspecified atom stereocenters. The highest BCUT2D eigenvalue weighted by atomic mass is 32.2. The average molecular weight is 399 g/mol. The maximum Gasteiger partial charge on any atom is 0.253 e. The zero-order valence-electron chi connectivity index (χ0n) is 16.6. The minimum absolute atomic E-state index is 0.0529. The molecule has 6 heteroatoms. The van der Waals surface area contributed by atoms with Crippen LogP contribution in [-0.4, -0.2) is 58.3 Å². The van der Waals surface area contributed by atoms with Crippen molar-refractivity contribution in [3.05, 3.63) is 65.7 Å². The van der Waals surface area contributed by atoms with E-state index in [0.29, 0.717) is 36.6 Å². The first kappa shape index (κ1) is 20.3. The van der Waals surface area contributed by atoms with E-state index in [4.69, 9.17) is 0 Å². The summed E-state index contributed by atoms with van der Waals surface area (Å²) in [5.74, 6) is 0.0310. The zero-order valence-corrected chi connectivity index (χ0v) is 17.4. The summed E-state index contributed by atoms with van der Waals surface area (Å²) in [6.45, 7) is 5.96. The van der Waals surface area contributed by atoms with Crippen molar-refractivity contribution < 1.29 is 13.8 Å². The van der Waals surface area contributed by atoms with Gasteiger partial charge in [-0.3, -0.25) is 13.8 Å². The van der Waals surface area contributed by atoms with Gasteiger partial charge in [-0.1, -0.05) is 30.3 Å². The van der Waals surface area contributed by atoms with Crippen LogP contribution >= 0.6 is 0 Å². The lowest BCUT2D eigenvalue weighted by Crippen LogP contribution is -2.54. The van der Waals surface area contributed by atoms with Crippen LogP contribution in [0.4, 0.5) is 0 Å². The number of hydrogen-bond acceptors (Lipinski definition) is 3. The second kappa shape index (κ2) is 8.27. The number of carbonyl (C=O) groups is 2. The average Bonchev–Trinajstić information content (AvgIpc) is 2.73. The van der Waals surface area contributed by atoms with Crippen LogP contribution in [-0.2, 0) is 21.0 Å². The molecule has 2 amide bonds. The first-order valence-electron chi connectivity index (χ1n) is 9.38. The molecule has 0 aromatic heterocycles. The van der Waals surface area contributed by atoms with Gasteiger partial charge in [0, 0.05) is 53.7 Å². The van der Waals surface area contributed by atoms with Crippen molar-refractivity contribution in [1.82, 2.24) is 9.80 Å². The summed E-state index contributed by atoms with van der Waals surface area (Å²) >= 11 is 0. The summed E-state index contributed by atoms with van der Waals surface area (Å²) < 4.78 is 11.5. The summed E-state index contributed by atoms with van der Waals surface area (Å²) in [6.07, 6.45) is 1.62. The Bertz CT molecular complexity index is 870. The quantitative estimate of drug-likeness (QED) is 0.796. The van der Waals surface area contributed by atoms with Gasteiger partial charge in [0.25, 0.3) is 5.91 Å². The fourth-order valence-corrected chi connectivity index (χ4v) is 3.98. The fraction of sp³-hybridized carbons (Fsp3) is 0.364. The first-order valence-corrected chi connectivity index (χ1v) is 10.9. The van der Waals surface area contributed by atoms with E-state index in [1.807, 2.05) is 49.1 Å². The van der Waals surface area contributed by atoms with Crippen LogP contribution in [0, 0.1) is 0 Å². The van der Waals surface area contributed by atoms with Crippen LogP contribution in [0.5, 0.6) is 0 Å². The van der Waals surface area contributed by atoms with Crippen molar-refractivity contribution in [1.29, 1.82) is 0 Å². The van der Waals surface area contributed by atoms with Crippen LogP contribution in [0.25, 0.3) is 0 Å². The molecule has 3 rings (SSSR count). The standard InChI is InChI=1S/C22H26N2O3S/c1-22(2,18-7-5-4-6-8-18)21(26)24-15-13-23(14-16-24)20(25)17-9-11-19(12-10-17)28(3)27/h4-12H,13-16H2,1-3H3. The summed E-state index contributed by atoms with van der Waals surface area (Å²) in [6, 6.07) is 16.7. The van der Waals surface area contributed by atoms with E-state index >= 15 is 0 Å². The molecule has 1 fully saturated rings. The zero-order chi connectivity index (χ0) is 20.3. The van der Waals surface area contributed by atoms with Gasteiger partial charge in [-0.05, 0) is 43.7 Å². The molecule has 0 bridgehead atoms. The highest BCUT2D eigenvalue weighted by Crippen LogP contribution is 2.26. The largest absolute Gasteiger partial charge is 0.338 e. The van der Waals surface area contributed by atoms with E-state index in [1.54, 1.807) is 35.4 Å². The third kappa shape index (κ3) is 4.17. The summed E-state index contributed by atoms with van der Waals surface area (Å²) in [4.78, 5) is 30.1. The van der Waals surface area contributed by atoms with Gasteiger partial charge in [0.1, 0.15) is 0 Å². The Morgan fingerprint density at radius 3 is 1.93 bits per heavy atom. The van der Waals surface area contributed by atoms with E-state index in [-0.39, 0.29) is 11.8 Å². The molecule has 2 aromatic carbocycles. The van der Waals surface area contributed by atoms with Crippen LogP contribution in [0.3, 0.4) is 0 Å². The molecule has 0 radical (unpaired) electrons. The third-order valence-corrected chi connectivity index (χ3v) is 6.25. The highest BCUT2D eigenvalue weighted by Gasteiger charge is 2.35.